The lowest BCUT2D eigenvalue weighted by Gasteiger charge is -2.28. The molecule has 4 rings (SSSR count). The highest BCUT2D eigenvalue weighted by Crippen LogP contribution is 2.40. The number of likely N-dealkylation sites (tertiary alicyclic amines) is 1. The lowest BCUT2D eigenvalue weighted by molar-refractivity contribution is -0.138. The average molecular weight is 388 g/mol. The van der Waals surface area contributed by atoms with E-state index in [-0.39, 0.29) is 11.9 Å². The van der Waals surface area contributed by atoms with Crippen LogP contribution in [0.25, 0.3) is 0 Å². The van der Waals surface area contributed by atoms with E-state index < -0.39 is 6.10 Å². The van der Waals surface area contributed by atoms with Crippen molar-refractivity contribution in [3.8, 4) is 17.2 Å². The number of benzene rings is 2. The largest absolute Gasteiger partial charge is 0.497 e. The zero-order valence-electron chi connectivity index (χ0n) is 15.4. The van der Waals surface area contributed by atoms with Gasteiger partial charge in [-0.2, -0.15) is 0 Å². The van der Waals surface area contributed by atoms with Crippen molar-refractivity contribution < 1.29 is 19.0 Å². The van der Waals surface area contributed by atoms with Crippen molar-refractivity contribution in [3.63, 3.8) is 0 Å². The molecule has 2 unspecified atom stereocenters. The van der Waals surface area contributed by atoms with Crippen LogP contribution >= 0.6 is 11.6 Å². The van der Waals surface area contributed by atoms with E-state index in [2.05, 4.69) is 0 Å². The second kappa shape index (κ2) is 7.31. The second-order valence-electron chi connectivity index (χ2n) is 6.86. The summed E-state index contributed by atoms with van der Waals surface area (Å²) in [5.41, 5.74) is 1.96. The van der Waals surface area contributed by atoms with E-state index in [4.69, 9.17) is 25.8 Å². The summed E-state index contributed by atoms with van der Waals surface area (Å²) in [5, 5.41) is 0.658. The number of carbonyl (C=O) groups is 1. The van der Waals surface area contributed by atoms with Crippen LogP contribution in [0.5, 0.6) is 17.2 Å². The van der Waals surface area contributed by atoms with E-state index in [0.29, 0.717) is 18.0 Å². The van der Waals surface area contributed by atoms with Crippen LogP contribution in [0, 0.1) is 0 Å². The van der Waals surface area contributed by atoms with Gasteiger partial charge in [-0.1, -0.05) is 11.6 Å². The van der Waals surface area contributed by atoms with Gasteiger partial charge in [-0.3, -0.25) is 4.79 Å². The summed E-state index contributed by atoms with van der Waals surface area (Å²) < 4.78 is 16.8. The fourth-order valence-corrected chi connectivity index (χ4v) is 4.19. The van der Waals surface area contributed by atoms with E-state index in [1.165, 1.54) is 0 Å². The van der Waals surface area contributed by atoms with Crippen molar-refractivity contribution in [2.45, 2.75) is 31.4 Å². The highest BCUT2D eigenvalue weighted by Gasteiger charge is 2.39. The van der Waals surface area contributed by atoms with E-state index in [0.717, 1.165) is 41.2 Å². The number of ether oxygens (including phenoxy) is 3. The molecule has 2 heterocycles. The number of nitrogens with zero attached hydrogens (tertiary/aromatic N) is 1. The first-order chi connectivity index (χ1) is 13.1. The van der Waals surface area contributed by atoms with Gasteiger partial charge in [0.15, 0.2) is 6.10 Å². The number of hydrogen-bond donors (Lipinski definition) is 0. The molecule has 2 aliphatic heterocycles. The Balaban J connectivity index is 1.58. The Hall–Kier alpha value is -2.40. The molecule has 0 aliphatic carbocycles. The summed E-state index contributed by atoms with van der Waals surface area (Å²) in [7, 11) is 3.28. The van der Waals surface area contributed by atoms with Gasteiger partial charge in [-0.15, -0.1) is 0 Å². The van der Waals surface area contributed by atoms with Crippen molar-refractivity contribution in [2.75, 3.05) is 20.8 Å². The third-order valence-electron chi connectivity index (χ3n) is 5.30. The highest BCUT2D eigenvalue weighted by atomic mass is 35.5. The number of methoxy groups -OCH3 is 2. The Morgan fingerprint density at radius 1 is 1.19 bits per heavy atom. The molecule has 5 nitrogen and oxygen atoms in total. The quantitative estimate of drug-likeness (QED) is 0.794. The maximum Gasteiger partial charge on any atom is 0.264 e. The molecule has 0 N–H and O–H groups in total. The lowest BCUT2D eigenvalue weighted by Crippen LogP contribution is -2.41. The topological polar surface area (TPSA) is 48.0 Å². The van der Waals surface area contributed by atoms with Crippen LogP contribution in [0.15, 0.2) is 36.4 Å². The predicted molar refractivity (Wildman–Crippen MR) is 103 cm³/mol. The van der Waals surface area contributed by atoms with Gasteiger partial charge < -0.3 is 19.1 Å². The number of fused-ring (bicyclic) bond motifs is 1. The maximum atomic E-state index is 13.2. The van der Waals surface area contributed by atoms with Gasteiger partial charge in [0.25, 0.3) is 5.91 Å². The minimum atomic E-state index is -0.504. The summed E-state index contributed by atoms with van der Waals surface area (Å²) in [6.07, 6.45) is 1.88. The first kappa shape index (κ1) is 18.0. The fraction of sp³-hybridized carbons (Fsp3) is 0.381. The molecule has 1 fully saturated rings. The summed E-state index contributed by atoms with van der Waals surface area (Å²) in [5.74, 6) is 2.27. The van der Waals surface area contributed by atoms with Gasteiger partial charge in [0.1, 0.15) is 17.2 Å². The summed E-state index contributed by atoms with van der Waals surface area (Å²) >= 11 is 6.07. The Labute approximate surface area is 163 Å². The van der Waals surface area contributed by atoms with Crippen molar-refractivity contribution >= 4 is 17.5 Å². The van der Waals surface area contributed by atoms with Crippen LogP contribution in [0.2, 0.25) is 5.02 Å². The van der Waals surface area contributed by atoms with E-state index in [1.54, 1.807) is 20.3 Å². The standard InChI is InChI=1S/C21H22ClNO4/c1-25-15-6-8-19(26-2)16(12-15)17-4-3-9-23(17)21(24)20-11-13-10-14(22)5-7-18(13)27-20/h5-8,10,12,17,20H,3-4,9,11H2,1-2H3. The van der Waals surface area contributed by atoms with Crippen molar-refractivity contribution in [2.24, 2.45) is 0 Å². The first-order valence-electron chi connectivity index (χ1n) is 9.08. The number of amides is 1. The molecule has 0 radical (unpaired) electrons. The van der Waals surface area contributed by atoms with Gasteiger partial charge in [0.05, 0.1) is 20.3 Å². The minimum Gasteiger partial charge on any atom is -0.497 e. The van der Waals surface area contributed by atoms with Crippen molar-refractivity contribution in [1.29, 1.82) is 0 Å². The van der Waals surface area contributed by atoms with Crippen LogP contribution in [0.4, 0.5) is 0 Å². The molecule has 0 aromatic heterocycles. The van der Waals surface area contributed by atoms with E-state index >= 15 is 0 Å². The predicted octanol–water partition coefficient (Wildman–Crippen LogP) is 4.02. The van der Waals surface area contributed by atoms with Crippen LogP contribution in [0.1, 0.15) is 30.0 Å². The summed E-state index contributed by atoms with van der Waals surface area (Å²) in [4.78, 5) is 15.1. The number of halogens is 1. The molecule has 2 aromatic rings. The van der Waals surface area contributed by atoms with Crippen LogP contribution in [0.3, 0.4) is 0 Å². The highest BCUT2D eigenvalue weighted by molar-refractivity contribution is 6.30. The molecule has 2 aromatic carbocycles. The molecule has 0 spiro atoms. The number of hydrogen-bond acceptors (Lipinski definition) is 4. The Kier molecular flexibility index (Phi) is 4.87. The zero-order valence-corrected chi connectivity index (χ0v) is 16.2. The van der Waals surface area contributed by atoms with Crippen molar-refractivity contribution in [1.82, 2.24) is 4.90 Å². The summed E-state index contributed by atoms with van der Waals surface area (Å²) in [6.45, 7) is 0.709. The van der Waals surface area contributed by atoms with Crippen LogP contribution in [-0.4, -0.2) is 37.7 Å². The first-order valence-corrected chi connectivity index (χ1v) is 9.46. The molecule has 142 valence electrons. The monoisotopic (exact) mass is 387 g/mol. The molecular weight excluding hydrogens is 366 g/mol. The lowest BCUT2D eigenvalue weighted by atomic mass is 10.0. The molecule has 2 atom stereocenters. The molecule has 6 heteroatoms. The third-order valence-corrected chi connectivity index (χ3v) is 5.54. The Morgan fingerprint density at radius 3 is 2.81 bits per heavy atom. The molecule has 1 saturated heterocycles. The SMILES string of the molecule is COc1ccc(OC)c(C2CCCN2C(=O)C2Cc3cc(Cl)ccc3O2)c1. The van der Waals surface area contributed by atoms with Crippen molar-refractivity contribution in [3.05, 3.63) is 52.5 Å². The Morgan fingerprint density at radius 2 is 2.04 bits per heavy atom. The van der Waals surface area contributed by atoms with Crippen LogP contribution < -0.4 is 14.2 Å². The second-order valence-corrected chi connectivity index (χ2v) is 7.30. The van der Waals surface area contributed by atoms with Gasteiger partial charge in [-0.05, 0) is 54.8 Å². The smallest absolute Gasteiger partial charge is 0.264 e. The molecule has 0 bridgehead atoms. The average Bonchev–Trinajstić information content (AvgIpc) is 3.33. The molecule has 2 aliphatic rings. The number of rotatable bonds is 4. The molecule has 0 saturated carbocycles. The van der Waals surface area contributed by atoms with E-state index in [9.17, 15) is 4.79 Å². The fourth-order valence-electron chi connectivity index (χ4n) is 3.99. The van der Waals surface area contributed by atoms with Gasteiger partial charge >= 0.3 is 0 Å². The zero-order chi connectivity index (χ0) is 19.0. The van der Waals surface area contributed by atoms with E-state index in [1.807, 2.05) is 35.2 Å². The summed E-state index contributed by atoms with van der Waals surface area (Å²) in [6, 6.07) is 11.2. The maximum absolute atomic E-state index is 13.2. The minimum absolute atomic E-state index is 0.00898. The third kappa shape index (κ3) is 3.32. The normalized spacial score (nSPS) is 20.9. The molecule has 27 heavy (non-hydrogen) atoms. The van der Waals surface area contributed by atoms with Gasteiger partial charge in [0.2, 0.25) is 0 Å². The Bertz CT molecular complexity index is 869. The molecule has 1 amide bonds. The van der Waals surface area contributed by atoms with Crippen LogP contribution in [-0.2, 0) is 11.2 Å². The molecular formula is C21H22ClNO4. The van der Waals surface area contributed by atoms with Gasteiger partial charge in [-0.25, -0.2) is 0 Å². The number of carbonyl (C=O) groups excluding carboxylic acids is 1. The van der Waals surface area contributed by atoms with Gasteiger partial charge in [0, 0.05) is 23.6 Å².